The van der Waals surface area contributed by atoms with Gasteiger partial charge in [-0.15, -0.1) is 0 Å². The molecule has 0 saturated carbocycles. The highest BCUT2D eigenvalue weighted by Crippen LogP contribution is 2.17. The molecule has 1 unspecified atom stereocenters. The van der Waals surface area contributed by atoms with Crippen molar-refractivity contribution in [3.63, 3.8) is 0 Å². The van der Waals surface area contributed by atoms with Gasteiger partial charge in [-0.2, -0.15) is 5.26 Å². The predicted molar refractivity (Wildman–Crippen MR) is 77.8 cm³/mol. The highest BCUT2D eigenvalue weighted by molar-refractivity contribution is 5.96. The number of aromatic nitrogens is 1. The number of rotatable bonds is 4. The summed E-state index contributed by atoms with van der Waals surface area (Å²) in [6.45, 7) is 1.88. The Kier molecular flexibility index (Phi) is 4.52. The Bertz CT molecular complexity index is 675. The standard InChI is InChI=1S/C16H15N3O2/c1-11(13-7-5-12(10-17)6-8-13)19-15(20)14-4-3-9-18-16(14)21-2/h3-9,11H,1-2H3,(H,19,20). The molecule has 5 heteroatoms. The number of nitriles is 1. The minimum atomic E-state index is -0.253. The summed E-state index contributed by atoms with van der Waals surface area (Å²) in [5.74, 6) is 0.0406. The smallest absolute Gasteiger partial charge is 0.257 e. The molecule has 0 spiro atoms. The van der Waals surface area contributed by atoms with Crippen molar-refractivity contribution in [2.24, 2.45) is 0 Å². The van der Waals surface area contributed by atoms with Crippen LogP contribution in [0.2, 0.25) is 0 Å². The molecule has 2 rings (SSSR count). The minimum absolute atomic E-state index is 0.185. The molecule has 1 atom stereocenters. The van der Waals surface area contributed by atoms with E-state index >= 15 is 0 Å². The summed E-state index contributed by atoms with van der Waals surface area (Å²) in [7, 11) is 1.48. The van der Waals surface area contributed by atoms with E-state index in [1.54, 1.807) is 30.5 Å². The second kappa shape index (κ2) is 6.53. The molecule has 0 aliphatic rings. The quantitative estimate of drug-likeness (QED) is 0.934. The summed E-state index contributed by atoms with van der Waals surface area (Å²) in [5.41, 5.74) is 1.90. The molecule has 1 N–H and O–H groups in total. The SMILES string of the molecule is COc1ncccc1C(=O)NC(C)c1ccc(C#N)cc1. The van der Waals surface area contributed by atoms with Gasteiger partial charge in [0, 0.05) is 6.20 Å². The summed E-state index contributed by atoms with van der Waals surface area (Å²) >= 11 is 0. The Labute approximate surface area is 123 Å². The van der Waals surface area contributed by atoms with Crippen LogP contribution in [0.3, 0.4) is 0 Å². The third-order valence-corrected chi connectivity index (χ3v) is 3.10. The minimum Gasteiger partial charge on any atom is -0.480 e. The highest BCUT2D eigenvalue weighted by atomic mass is 16.5. The van der Waals surface area contributed by atoms with Crippen LogP contribution in [0.5, 0.6) is 5.88 Å². The molecule has 1 heterocycles. The Hall–Kier alpha value is -2.87. The number of amides is 1. The number of carbonyl (C=O) groups is 1. The van der Waals surface area contributed by atoms with Gasteiger partial charge >= 0.3 is 0 Å². The van der Waals surface area contributed by atoms with Gasteiger partial charge in [-0.05, 0) is 36.8 Å². The molecule has 2 aromatic rings. The van der Waals surface area contributed by atoms with Gasteiger partial charge < -0.3 is 10.1 Å². The molecule has 21 heavy (non-hydrogen) atoms. The molecule has 0 radical (unpaired) electrons. The number of ether oxygens (including phenoxy) is 1. The first kappa shape index (κ1) is 14.5. The maximum atomic E-state index is 12.2. The van der Waals surface area contributed by atoms with E-state index in [1.165, 1.54) is 7.11 Å². The van der Waals surface area contributed by atoms with E-state index in [1.807, 2.05) is 19.1 Å². The molecule has 0 aliphatic carbocycles. The van der Waals surface area contributed by atoms with Gasteiger partial charge in [0.1, 0.15) is 5.56 Å². The van der Waals surface area contributed by atoms with Crippen LogP contribution in [-0.4, -0.2) is 18.0 Å². The fraction of sp³-hybridized carbons (Fsp3) is 0.188. The Morgan fingerprint density at radius 2 is 2.05 bits per heavy atom. The highest BCUT2D eigenvalue weighted by Gasteiger charge is 2.15. The summed E-state index contributed by atoms with van der Waals surface area (Å²) in [6.07, 6.45) is 1.57. The number of hydrogen-bond acceptors (Lipinski definition) is 4. The number of pyridine rings is 1. The van der Waals surface area contributed by atoms with Crippen LogP contribution in [0, 0.1) is 11.3 Å². The lowest BCUT2D eigenvalue weighted by atomic mass is 10.1. The third-order valence-electron chi connectivity index (χ3n) is 3.10. The summed E-state index contributed by atoms with van der Waals surface area (Å²) < 4.78 is 5.08. The number of hydrogen-bond donors (Lipinski definition) is 1. The molecule has 0 aliphatic heterocycles. The lowest BCUT2D eigenvalue weighted by Gasteiger charge is -2.15. The van der Waals surface area contributed by atoms with E-state index in [9.17, 15) is 4.79 Å². The molecule has 1 aromatic heterocycles. The number of nitrogens with one attached hydrogen (secondary N) is 1. The lowest BCUT2D eigenvalue weighted by Crippen LogP contribution is -2.27. The van der Waals surface area contributed by atoms with E-state index in [2.05, 4.69) is 16.4 Å². The van der Waals surface area contributed by atoms with Gasteiger partial charge in [0.15, 0.2) is 0 Å². The van der Waals surface area contributed by atoms with Crippen LogP contribution >= 0.6 is 0 Å². The van der Waals surface area contributed by atoms with Gasteiger partial charge in [-0.3, -0.25) is 4.79 Å². The van der Waals surface area contributed by atoms with Crippen LogP contribution in [-0.2, 0) is 0 Å². The first-order valence-electron chi connectivity index (χ1n) is 6.45. The predicted octanol–water partition coefficient (Wildman–Crippen LogP) is 2.45. The first-order chi connectivity index (χ1) is 10.2. The van der Waals surface area contributed by atoms with E-state index < -0.39 is 0 Å². The monoisotopic (exact) mass is 281 g/mol. The normalized spacial score (nSPS) is 11.3. The fourth-order valence-corrected chi connectivity index (χ4v) is 1.93. The topological polar surface area (TPSA) is 75.0 Å². The van der Waals surface area contributed by atoms with Gasteiger partial charge in [0.2, 0.25) is 5.88 Å². The number of carbonyl (C=O) groups excluding carboxylic acids is 1. The molecule has 5 nitrogen and oxygen atoms in total. The fourth-order valence-electron chi connectivity index (χ4n) is 1.93. The molecule has 0 saturated heterocycles. The number of methoxy groups -OCH3 is 1. The van der Waals surface area contributed by atoms with Crippen molar-refractivity contribution in [2.45, 2.75) is 13.0 Å². The Balaban J connectivity index is 2.13. The zero-order valence-corrected chi connectivity index (χ0v) is 11.8. The van der Waals surface area contributed by atoms with Crippen molar-refractivity contribution in [1.29, 1.82) is 5.26 Å². The maximum absolute atomic E-state index is 12.2. The van der Waals surface area contributed by atoms with Gasteiger partial charge in [-0.25, -0.2) is 4.98 Å². The molecule has 0 fully saturated rings. The van der Waals surface area contributed by atoms with Crippen LogP contribution in [0.25, 0.3) is 0 Å². The second-order valence-electron chi connectivity index (χ2n) is 4.49. The average Bonchev–Trinajstić information content (AvgIpc) is 2.54. The molecule has 1 aromatic carbocycles. The van der Waals surface area contributed by atoms with Gasteiger partial charge in [0.25, 0.3) is 5.91 Å². The van der Waals surface area contributed by atoms with Gasteiger partial charge in [0.05, 0.1) is 24.8 Å². The number of nitrogens with zero attached hydrogens (tertiary/aromatic N) is 2. The Morgan fingerprint density at radius 1 is 1.33 bits per heavy atom. The van der Waals surface area contributed by atoms with Crippen molar-refractivity contribution < 1.29 is 9.53 Å². The molecule has 0 bridgehead atoms. The first-order valence-corrected chi connectivity index (χ1v) is 6.45. The molecule has 106 valence electrons. The zero-order chi connectivity index (χ0) is 15.2. The largest absolute Gasteiger partial charge is 0.480 e. The number of benzene rings is 1. The van der Waals surface area contributed by atoms with Crippen molar-refractivity contribution >= 4 is 5.91 Å². The summed E-state index contributed by atoms with van der Waals surface area (Å²) in [4.78, 5) is 16.2. The van der Waals surface area contributed by atoms with E-state index in [-0.39, 0.29) is 11.9 Å². The van der Waals surface area contributed by atoms with Crippen LogP contribution in [0.1, 0.15) is 34.5 Å². The molecular formula is C16H15N3O2. The second-order valence-corrected chi connectivity index (χ2v) is 4.49. The maximum Gasteiger partial charge on any atom is 0.257 e. The van der Waals surface area contributed by atoms with E-state index in [0.29, 0.717) is 17.0 Å². The molecule has 1 amide bonds. The van der Waals surface area contributed by atoms with Crippen LogP contribution in [0.15, 0.2) is 42.6 Å². The summed E-state index contributed by atoms with van der Waals surface area (Å²) in [5, 5.41) is 11.7. The van der Waals surface area contributed by atoms with Crippen molar-refractivity contribution in [3.05, 3.63) is 59.3 Å². The average molecular weight is 281 g/mol. The third kappa shape index (κ3) is 3.37. The van der Waals surface area contributed by atoms with Crippen LogP contribution in [0.4, 0.5) is 0 Å². The van der Waals surface area contributed by atoms with Gasteiger partial charge in [-0.1, -0.05) is 12.1 Å². The van der Waals surface area contributed by atoms with E-state index in [0.717, 1.165) is 5.56 Å². The Morgan fingerprint density at radius 3 is 2.67 bits per heavy atom. The zero-order valence-electron chi connectivity index (χ0n) is 11.8. The summed E-state index contributed by atoms with van der Waals surface area (Å²) in [6, 6.07) is 12.3. The van der Waals surface area contributed by atoms with Crippen molar-refractivity contribution in [2.75, 3.05) is 7.11 Å². The lowest BCUT2D eigenvalue weighted by molar-refractivity contribution is 0.0936. The van der Waals surface area contributed by atoms with Crippen molar-refractivity contribution in [1.82, 2.24) is 10.3 Å². The van der Waals surface area contributed by atoms with Crippen molar-refractivity contribution in [3.8, 4) is 11.9 Å². The van der Waals surface area contributed by atoms with E-state index in [4.69, 9.17) is 10.00 Å². The van der Waals surface area contributed by atoms with Crippen LogP contribution < -0.4 is 10.1 Å². The molecular weight excluding hydrogens is 266 g/mol.